The Hall–Kier alpha value is -3.11. The maximum absolute atomic E-state index is 13.2. The largest absolute Gasteiger partial charge is 0.471 e. The fourth-order valence-electron chi connectivity index (χ4n) is 3.23. The fraction of sp³-hybridized carbons (Fsp3) is 0.182. The third-order valence-corrected chi connectivity index (χ3v) is 7.20. The second-order valence-electron chi connectivity index (χ2n) is 7.23. The van der Waals surface area contributed by atoms with Crippen LogP contribution in [0.2, 0.25) is 5.02 Å². The minimum atomic E-state index is -4.98. The number of benzene rings is 2. The highest BCUT2D eigenvalue weighted by Gasteiger charge is 2.39. The summed E-state index contributed by atoms with van der Waals surface area (Å²) in [6.45, 7) is 1.42. The molecular weight excluding hydrogens is 481 g/mol. The van der Waals surface area contributed by atoms with Gasteiger partial charge in [-0.05, 0) is 36.2 Å². The molecule has 2 aromatic carbocycles. The molecule has 0 spiro atoms. The van der Waals surface area contributed by atoms with E-state index >= 15 is 0 Å². The lowest BCUT2D eigenvalue weighted by molar-refractivity contribution is -0.933. The Morgan fingerprint density at radius 3 is 2.33 bits per heavy atom. The molecule has 2 N–H and O–H groups in total. The molecule has 0 aliphatic carbocycles. The zero-order valence-corrected chi connectivity index (χ0v) is 18.7. The van der Waals surface area contributed by atoms with Crippen LogP contribution >= 0.6 is 11.6 Å². The van der Waals surface area contributed by atoms with Crippen LogP contribution in [0, 0.1) is 0 Å². The summed E-state index contributed by atoms with van der Waals surface area (Å²) in [7, 11) is -4.17. The van der Waals surface area contributed by atoms with Crippen molar-refractivity contribution in [1.82, 2.24) is 5.32 Å². The van der Waals surface area contributed by atoms with Crippen molar-refractivity contribution in [3.05, 3.63) is 88.6 Å². The van der Waals surface area contributed by atoms with Crippen molar-refractivity contribution in [1.29, 1.82) is 0 Å². The summed E-state index contributed by atoms with van der Waals surface area (Å²) in [6, 6.07) is 14.3. The van der Waals surface area contributed by atoms with Crippen molar-refractivity contribution in [3.8, 4) is 0 Å². The van der Waals surface area contributed by atoms with Crippen molar-refractivity contribution in [3.63, 3.8) is 0 Å². The molecule has 11 heteroatoms. The van der Waals surface area contributed by atoms with Crippen molar-refractivity contribution in [2.75, 3.05) is 0 Å². The van der Waals surface area contributed by atoms with Crippen LogP contribution in [0.1, 0.15) is 29.7 Å². The van der Waals surface area contributed by atoms with Gasteiger partial charge in [0.2, 0.25) is 6.20 Å². The first-order valence-electron chi connectivity index (χ1n) is 9.60. The van der Waals surface area contributed by atoms with Gasteiger partial charge in [0.15, 0.2) is 0 Å². The van der Waals surface area contributed by atoms with Crippen molar-refractivity contribution >= 4 is 27.3 Å². The predicted molar refractivity (Wildman–Crippen MR) is 113 cm³/mol. The zero-order valence-electron chi connectivity index (χ0n) is 17.2. The molecule has 0 bridgehead atoms. The summed E-state index contributed by atoms with van der Waals surface area (Å²) >= 11 is 6.06. The quantitative estimate of drug-likeness (QED) is 0.396. The number of pyridine rings is 1. The smallest absolute Gasteiger partial charge is 0.342 e. The van der Waals surface area contributed by atoms with Gasteiger partial charge in [-0.25, -0.2) is 8.42 Å². The second kappa shape index (κ2) is 9.40. The molecule has 0 saturated heterocycles. The number of nitrogens with zero attached hydrogens (tertiary/aromatic N) is 1. The van der Waals surface area contributed by atoms with Crippen LogP contribution < -0.4 is 10.0 Å². The average Bonchev–Trinajstić information content (AvgIpc) is 2.73. The van der Waals surface area contributed by atoms with Crippen molar-refractivity contribution < 1.29 is 36.3 Å². The highest BCUT2D eigenvalue weighted by Crippen LogP contribution is 2.28. The van der Waals surface area contributed by atoms with Crippen molar-refractivity contribution in [2.24, 2.45) is 0 Å². The number of hydrogen-bond acceptors (Lipinski definition) is 4. The van der Waals surface area contributed by atoms with E-state index in [1.54, 1.807) is 18.2 Å². The topological polar surface area (TPSA) is 87.3 Å². The molecule has 3 aromatic rings. The molecule has 1 amide bonds. The molecule has 0 radical (unpaired) electrons. The summed E-state index contributed by atoms with van der Waals surface area (Å²) < 4.78 is 64.3. The van der Waals surface area contributed by atoms with Gasteiger partial charge in [-0.3, -0.25) is 10.0 Å². The van der Waals surface area contributed by atoms with Crippen LogP contribution in [-0.2, 0) is 21.1 Å². The lowest BCUT2D eigenvalue weighted by atomic mass is 10.0. The van der Waals surface area contributed by atoms with Gasteiger partial charge in [0.25, 0.3) is 9.84 Å². The summed E-state index contributed by atoms with van der Waals surface area (Å²) in [6.07, 6.45) is -3.70. The van der Waals surface area contributed by atoms with Gasteiger partial charge in [0, 0.05) is 22.8 Å². The Morgan fingerprint density at radius 1 is 1.09 bits per heavy atom. The number of halogens is 4. The van der Waals surface area contributed by atoms with Crippen molar-refractivity contribution in [2.45, 2.75) is 35.5 Å². The third-order valence-electron chi connectivity index (χ3n) is 4.87. The number of sulfone groups is 1. The zero-order chi connectivity index (χ0) is 24.4. The highest BCUT2D eigenvalue weighted by molar-refractivity contribution is 7.91. The Balaban J connectivity index is 1.89. The summed E-state index contributed by atoms with van der Waals surface area (Å²) in [5.74, 6) is -2.04. The van der Waals surface area contributed by atoms with E-state index in [0.717, 1.165) is 0 Å². The van der Waals surface area contributed by atoms with E-state index < -0.39 is 28.0 Å². The number of alkyl halides is 3. The van der Waals surface area contributed by atoms with Gasteiger partial charge in [-0.1, -0.05) is 48.0 Å². The summed E-state index contributed by atoms with van der Waals surface area (Å²) in [4.78, 5) is 11.0. The predicted octanol–water partition coefficient (Wildman–Crippen LogP) is 4.03. The molecule has 1 aromatic heterocycles. The monoisotopic (exact) mass is 499 g/mol. The molecule has 1 atom stereocenters. The van der Waals surface area contributed by atoms with E-state index in [-0.39, 0.29) is 26.9 Å². The molecule has 1 heterocycles. The van der Waals surface area contributed by atoms with E-state index in [4.69, 9.17) is 11.6 Å². The number of nitrogens with one attached hydrogen (secondary N) is 1. The molecule has 0 aliphatic rings. The van der Waals surface area contributed by atoms with E-state index in [2.05, 4.69) is 0 Å². The van der Waals surface area contributed by atoms with Gasteiger partial charge >= 0.3 is 17.1 Å². The number of rotatable bonds is 6. The maximum atomic E-state index is 13.2. The summed E-state index contributed by atoms with van der Waals surface area (Å²) in [5, 5.41) is 11.8. The normalized spacial score (nSPS) is 12.9. The molecular formula is C22H19ClF3N2O4S+. The molecule has 0 fully saturated rings. The van der Waals surface area contributed by atoms with Crippen LogP contribution in [0.15, 0.2) is 76.8 Å². The van der Waals surface area contributed by atoms with Gasteiger partial charge < -0.3 is 5.32 Å². The minimum Gasteiger partial charge on any atom is -0.342 e. The maximum Gasteiger partial charge on any atom is 0.471 e. The number of hydrogen-bond donors (Lipinski definition) is 2. The van der Waals surface area contributed by atoms with E-state index in [9.17, 15) is 31.6 Å². The van der Waals surface area contributed by atoms with Crippen LogP contribution in [-0.4, -0.2) is 25.7 Å². The molecule has 3 rings (SSSR count). The van der Waals surface area contributed by atoms with Crippen LogP contribution in [0.25, 0.3) is 0 Å². The first kappa shape index (κ1) is 24.5. The van der Waals surface area contributed by atoms with E-state index in [1.807, 2.05) is 5.32 Å². The average molecular weight is 500 g/mol. The molecule has 174 valence electrons. The minimum absolute atomic E-state index is 0.00606. The van der Waals surface area contributed by atoms with E-state index in [1.165, 1.54) is 55.6 Å². The number of carbonyl (C=O) groups excluding carboxylic acids is 1. The Morgan fingerprint density at radius 2 is 1.73 bits per heavy atom. The first-order valence-corrected chi connectivity index (χ1v) is 11.5. The SMILES string of the molecule is C[C@H](NC(=O)C(F)(F)F)c1ccc(Cc2ccc[n+](O)c2S(=O)(=O)c2ccccc2Cl)cc1. The molecule has 0 unspecified atom stereocenters. The standard InChI is InChI=1S/C22H18ClF3N2O4S/c1-14(27-21(29)22(24,25)26)16-10-8-15(9-11-16)13-17-5-4-12-28(30)20(17)33(31,32)19-7-3-2-6-18(19)23/h2-12,14H,13H2,1H3,(H-,27,29,30)/p+1/t14-/m0/s1. The lowest BCUT2D eigenvalue weighted by Crippen LogP contribution is -2.38. The van der Waals surface area contributed by atoms with Crippen LogP contribution in [0.3, 0.4) is 0 Å². The molecule has 0 aliphatic heterocycles. The van der Waals surface area contributed by atoms with Crippen LogP contribution in [0.4, 0.5) is 13.2 Å². The van der Waals surface area contributed by atoms with Gasteiger partial charge in [0.05, 0.1) is 16.0 Å². The molecule has 0 saturated carbocycles. The van der Waals surface area contributed by atoms with Crippen LogP contribution in [0.5, 0.6) is 0 Å². The molecule has 33 heavy (non-hydrogen) atoms. The lowest BCUT2D eigenvalue weighted by Gasteiger charge is -2.16. The fourth-order valence-corrected chi connectivity index (χ4v) is 5.25. The number of carbonyl (C=O) groups is 1. The van der Waals surface area contributed by atoms with Gasteiger partial charge in [-0.2, -0.15) is 13.2 Å². The number of amides is 1. The number of aromatic nitrogens is 1. The highest BCUT2D eigenvalue weighted by atomic mass is 35.5. The van der Waals surface area contributed by atoms with Gasteiger partial charge in [0.1, 0.15) is 0 Å². The third kappa shape index (κ3) is 5.45. The summed E-state index contributed by atoms with van der Waals surface area (Å²) in [5.41, 5.74) is 1.35. The second-order valence-corrected chi connectivity index (χ2v) is 9.47. The van der Waals surface area contributed by atoms with E-state index in [0.29, 0.717) is 15.9 Å². The molecule has 6 nitrogen and oxygen atoms in total. The van der Waals surface area contributed by atoms with Gasteiger partial charge in [-0.15, -0.1) is 0 Å². The Bertz CT molecular complexity index is 1280. The Labute approximate surface area is 193 Å². The first-order chi connectivity index (χ1) is 15.4. The Kier molecular flexibility index (Phi) is 6.99.